The van der Waals surface area contributed by atoms with Crippen LogP contribution in [0.15, 0.2) is 24.5 Å². The lowest BCUT2D eigenvalue weighted by Crippen LogP contribution is -2.30. The zero-order valence-electron chi connectivity index (χ0n) is 11.4. The fraction of sp³-hybridized carbons (Fsp3) is 0.385. The quantitative estimate of drug-likeness (QED) is 0.821. The van der Waals surface area contributed by atoms with Gasteiger partial charge in [0, 0.05) is 36.7 Å². The molecule has 0 bridgehead atoms. The number of nitrogens with zero attached hydrogens (tertiary/aromatic N) is 4. The highest BCUT2D eigenvalue weighted by molar-refractivity contribution is 7.98. The van der Waals surface area contributed by atoms with E-state index < -0.39 is 0 Å². The van der Waals surface area contributed by atoms with Crippen molar-refractivity contribution in [2.75, 3.05) is 23.5 Å². The lowest BCUT2D eigenvalue weighted by Gasteiger charge is -2.16. The van der Waals surface area contributed by atoms with Crippen molar-refractivity contribution in [3.8, 4) is 10.6 Å². The van der Waals surface area contributed by atoms with Crippen LogP contribution in [0.3, 0.4) is 0 Å². The fourth-order valence-corrected chi connectivity index (χ4v) is 2.97. The van der Waals surface area contributed by atoms with Crippen LogP contribution in [-0.4, -0.2) is 39.6 Å². The van der Waals surface area contributed by atoms with Gasteiger partial charge >= 0.3 is 0 Å². The molecule has 106 valence electrons. The minimum absolute atomic E-state index is 0.0933. The normalized spacial score (nSPS) is 10.5. The molecule has 0 fully saturated rings. The van der Waals surface area contributed by atoms with E-state index in [0.717, 1.165) is 16.3 Å². The largest absolute Gasteiger partial charge is 0.287 e. The van der Waals surface area contributed by atoms with Crippen LogP contribution in [0.2, 0.25) is 0 Å². The van der Waals surface area contributed by atoms with E-state index in [2.05, 4.69) is 15.2 Å². The molecule has 0 atom stereocenters. The summed E-state index contributed by atoms with van der Waals surface area (Å²) in [4.78, 5) is 17.9. The van der Waals surface area contributed by atoms with E-state index in [1.807, 2.05) is 25.3 Å². The summed E-state index contributed by atoms with van der Waals surface area (Å²) in [5.41, 5.74) is 0.920. The van der Waals surface area contributed by atoms with Crippen molar-refractivity contribution in [2.24, 2.45) is 0 Å². The molecule has 0 radical (unpaired) electrons. The molecule has 2 aromatic heterocycles. The molecule has 0 aliphatic heterocycles. The summed E-state index contributed by atoms with van der Waals surface area (Å²) in [6, 6.07) is 3.79. The minimum Gasteiger partial charge on any atom is -0.287 e. The Morgan fingerprint density at radius 3 is 2.95 bits per heavy atom. The summed E-state index contributed by atoms with van der Waals surface area (Å²) in [5, 5.41) is 9.71. The second-order valence-electron chi connectivity index (χ2n) is 4.01. The average molecular weight is 308 g/mol. The third-order valence-corrected chi connectivity index (χ3v) is 4.30. The molecule has 0 N–H and O–H groups in total. The van der Waals surface area contributed by atoms with Crippen molar-refractivity contribution in [1.29, 1.82) is 0 Å². The third kappa shape index (κ3) is 3.55. The number of hydrogen-bond acceptors (Lipinski definition) is 6. The summed E-state index contributed by atoms with van der Waals surface area (Å²) in [5.74, 6) is 0.916. The Morgan fingerprint density at radius 1 is 1.45 bits per heavy atom. The average Bonchev–Trinajstić information content (AvgIpc) is 2.96. The van der Waals surface area contributed by atoms with Crippen LogP contribution in [0.4, 0.5) is 5.13 Å². The van der Waals surface area contributed by atoms with Gasteiger partial charge in [-0.15, -0.1) is 10.2 Å². The highest BCUT2D eigenvalue weighted by Gasteiger charge is 2.18. The van der Waals surface area contributed by atoms with Gasteiger partial charge in [0.15, 0.2) is 5.01 Å². The first-order chi connectivity index (χ1) is 9.76. The molecule has 20 heavy (non-hydrogen) atoms. The van der Waals surface area contributed by atoms with E-state index in [-0.39, 0.29) is 5.91 Å². The topological polar surface area (TPSA) is 59.0 Å². The molecular formula is C13H16N4OS2. The maximum Gasteiger partial charge on any atom is 0.229 e. The van der Waals surface area contributed by atoms with Gasteiger partial charge in [-0.05, 0) is 25.3 Å². The zero-order chi connectivity index (χ0) is 14.4. The van der Waals surface area contributed by atoms with Crippen LogP contribution in [0.25, 0.3) is 10.6 Å². The molecule has 1 amide bonds. The molecule has 0 saturated heterocycles. The molecule has 0 aliphatic rings. The van der Waals surface area contributed by atoms with Gasteiger partial charge in [0.05, 0.1) is 0 Å². The molecule has 0 aromatic carbocycles. The maximum absolute atomic E-state index is 12.1. The second kappa shape index (κ2) is 7.35. The van der Waals surface area contributed by atoms with Crippen LogP contribution in [0, 0.1) is 0 Å². The van der Waals surface area contributed by atoms with Crippen molar-refractivity contribution < 1.29 is 4.79 Å². The number of carbonyl (C=O) groups is 1. The molecule has 0 spiro atoms. The number of pyridine rings is 1. The van der Waals surface area contributed by atoms with Crippen LogP contribution in [0.5, 0.6) is 0 Å². The Labute approximate surface area is 126 Å². The second-order valence-corrected chi connectivity index (χ2v) is 5.95. The van der Waals surface area contributed by atoms with Crippen molar-refractivity contribution >= 4 is 34.1 Å². The van der Waals surface area contributed by atoms with Gasteiger partial charge in [-0.2, -0.15) is 11.8 Å². The van der Waals surface area contributed by atoms with E-state index >= 15 is 0 Å². The van der Waals surface area contributed by atoms with Crippen molar-refractivity contribution in [1.82, 2.24) is 15.2 Å². The Bertz CT molecular complexity index is 559. The number of anilines is 1. The van der Waals surface area contributed by atoms with E-state index in [9.17, 15) is 4.79 Å². The Balaban J connectivity index is 2.16. The van der Waals surface area contributed by atoms with Gasteiger partial charge in [-0.1, -0.05) is 11.3 Å². The molecule has 0 saturated carbocycles. The molecule has 0 aliphatic carbocycles. The first-order valence-electron chi connectivity index (χ1n) is 6.29. The van der Waals surface area contributed by atoms with Gasteiger partial charge < -0.3 is 0 Å². The van der Waals surface area contributed by atoms with Crippen molar-refractivity contribution in [3.05, 3.63) is 24.5 Å². The predicted octanol–water partition coefficient (Wildman–Crippen LogP) is 2.71. The SMILES string of the molecule is CCN(C(=O)CCSC)c1nnc(-c2cccnc2)s1. The Morgan fingerprint density at radius 2 is 2.30 bits per heavy atom. The van der Waals surface area contributed by atoms with Crippen LogP contribution < -0.4 is 4.90 Å². The lowest BCUT2D eigenvalue weighted by molar-refractivity contribution is -0.118. The predicted molar refractivity (Wildman–Crippen MR) is 84.2 cm³/mol. The third-order valence-electron chi connectivity index (χ3n) is 2.69. The van der Waals surface area contributed by atoms with E-state index in [1.165, 1.54) is 11.3 Å². The number of aromatic nitrogens is 3. The van der Waals surface area contributed by atoms with E-state index in [1.54, 1.807) is 29.1 Å². The van der Waals surface area contributed by atoms with E-state index in [0.29, 0.717) is 18.1 Å². The fourth-order valence-electron chi connectivity index (χ4n) is 1.67. The number of carbonyl (C=O) groups excluding carboxylic acids is 1. The van der Waals surface area contributed by atoms with Gasteiger partial charge in [-0.25, -0.2) is 0 Å². The standard InChI is InChI=1S/C13H16N4OS2/c1-3-17(11(18)6-8-19-2)13-16-15-12(20-13)10-5-4-7-14-9-10/h4-5,7,9H,3,6,8H2,1-2H3. The zero-order valence-corrected chi connectivity index (χ0v) is 13.1. The number of hydrogen-bond donors (Lipinski definition) is 0. The van der Waals surface area contributed by atoms with Gasteiger partial charge in [0.1, 0.15) is 0 Å². The lowest BCUT2D eigenvalue weighted by atomic mass is 10.3. The van der Waals surface area contributed by atoms with E-state index in [4.69, 9.17) is 0 Å². The van der Waals surface area contributed by atoms with Gasteiger partial charge in [0.25, 0.3) is 0 Å². The van der Waals surface area contributed by atoms with Crippen LogP contribution in [0.1, 0.15) is 13.3 Å². The minimum atomic E-state index is 0.0933. The molecule has 5 nitrogen and oxygen atoms in total. The molecule has 7 heteroatoms. The summed E-state index contributed by atoms with van der Waals surface area (Å²) in [6.45, 7) is 2.55. The first kappa shape index (κ1) is 14.9. The number of rotatable bonds is 6. The van der Waals surface area contributed by atoms with Gasteiger partial charge in [-0.3, -0.25) is 14.7 Å². The van der Waals surface area contributed by atoms with Crippen LogP contribution >= 0.6 is 23.1 Å². The highest BCUT2D eigenvalue weighted by Crippen LogP contribution is 2.28. The molecular weight excluding hydrogens is 292 g/mol. The number of amides is 1. The smallest absolute Gasteiger partial charge is 0.229 e. The summed E-state index contributed by atoms with van der Waals surface area (Å²) in [6.07, 6.45) is 5.98. The van der Waals surface area contributed by atoms with Crippen molar-refractivity contribution in [3.63, 3.8) is 0 Å². The molecule has 0 unspecified atom stereocenters. The Hall–Kier alpha value is -1.47. The monoisotopic (exact) mass is 308 g/mol. The molecule has 2 rings (SSSR count). The maximum atomic E-state index is 12.1. The van der Waals surface area contributed by atoms with Crippen molar-refractivity contribution in [2.45, 2.75) is 13.3 Å². The first-order valence-corrected chi connectivity index (χ1v) is 8.50. The van der Waals surface area contributed by atoms with Gasteiger partial charge in [0.2, 0.25) is 11.0 Å². The number of thioether (sulfide) groups is 1. The Kier molecular flexibility index (Phi) is 5.49. The molecule has 2 heterocycles. The highest BCUT2D eigenvalue weighted by atomic mass is 32.2. The van der Waals surface area contributed by atoms with Crippen LogP contribution in [-0.2, 0) is 4.79 Å². The summed E-state index contributed by atoms with van der Waals surface area (Å²) >= 11 is 3.08. The molecule has 2 aromatic rings. The summed E-state index contributed by atoms with van der Waals surface area (Å²) < 4.78 is 0. The summed E-state index contributed by atoms with van der Waals surface area (Å²) in [7, 11) is 0.